The molecule has 1 aromatic carbocycles. The van der Waals surface area contributed by atoms with E-state index in [0.717, 1.165) is 54.2 Å². The number of nitrogens with zero attached hydrogens (tertiary/aromatic N) is 4. The van der Waals surface area contributed by atoms with Crippen LogP contribution in [0.5, 0.6) is 5.75 Å². The molecule has 9 heteroatoms. The predicted molar refractivity (Wildman–Crippen MR) is 139 cm³/mol. The lowest BCUT2D eigenvalue weighted by Gasteiger charge is -2.35. The van der Waals surface area contributed by atoms with E-state index in [9.17, 15) is 9.35 Å². The van der Waals surface area contributed by atoms with Gasteiger partial charge >= 0.3 is 0 Å². The van der Waals surface area contributed by atoms with E-state index in [1.54, 1.807) is 23.4 Å². The lowest BCUT2D eigenvalue weighted by molar-refractivity contribution is -0.135. The van der Waals surface area contributed by atoms with Crippen LogP contribution in [0.3, 0.4) is 0 Å². The number of hydrogen-bond donors (Lipinski definition) is 0. The van der Waals surface area contributed by atoms with E-state index in [4.69, 9.17) is 9.47 Å². The smallest absolute Gasteiger partial charge is 0.248 e. The van der Waals surface area contributed by atoms with Crippen molar-refractivity contribution in [2.24, 2.45) is 5.92 Å². The largest absolute Gasteiger partial charge is 0.593 e. The molecule has 1 unspecified atom stereocenters. The number of ether oxygens (including phenoxy) is 2. The molecule has 0 aliphatic carbocycles. The van der Waals surface area contributed by atoms with Gasteiger partial charge in [0.25, 0.3) is 0 Å². The molecule has 192 valence electrons. The number of anilines is 1. The topological polar surface area (TPSA) is 81.2 Å². The highest BCUT2D eigenvalue weighted by Crippen LogP contribution is 2.27. The normalized spacial score (nSPS) is 15.3. The van der Waals surface area contributed by atoms with Crippen LogP contribution in [0.4, 0.5) is 5.69 Å². The maximum Gasteiger partial charge on any atom is 0.248 e. The standard InChI is InChI=1S/C26H38N4O4S/c1-20-16-24(33-5)17-21(2)26(20)35(32)29(4)14-15-34-19-25(31)28(3)18-22-8-12-30(13-9-22)23-6-10-27-11-7-23/h6-7,10-11,16-17,22H,8-9,12-15,18-19H2,1-5H3. The molecule has 1 amide bonds. The van der Waals surface area contributed by atoms with E-state index < -0.39 is 11.4 Å². The fourth-order valence-electron chi connectivity index (χ4n) is 4.42. The average molecular weight is 503 g/mol. The van der Waals surface area contributed by atoms with Crippen LogP contribution in [0.1, 0.15) is 24.0 Å². The number of piperidine rings is 1. The van der Waals surface area contributed by atoms with Crippen molar-refractivity contribution in [2.75, 3.05) is 65.5 Å². The van der Waals surface area contributed by atoms with Crippen molar-refractivity contribution in [2.45, 2.75) is 31.6 Å². The van der Waals surface area contributed by atoms with Crippen molar-refractivity contribution in [3.05, 3.63) is 47.8 Å². The summed E-state index contributed by atoms with van der Waals surface area (Å²) in [5.41, 5.74) is 3.06. The highest BCUT2D eigenvalue weighted by molar-refractivity contribution is 7.89. The molecule has 1 fully saturated rings. The summed E-state index contributed by atoms with van der Waals surface area (Å²) >= 11 is -1.31. The van der Waals surface area contributed by atoms with Gasteiger partial charge in [-0.2, -0.15) is 0 Å². The Morgan fingerprint density at radius 3 is 2.40 bits per heavy atom. The third-order valence-electron chi connectivity index (χ3n) is 6.50. The third kappa shape index (κ3) is 7.57. The SMILES string of the molecule is COc1cc(C)c([S+]([O-])N(C)CCOCC(=O)N(C)CC2CCN(c3ccncc3)CC2)c(C)c1. The van der Waals surface area contributed by atoms with Gasteiger partial charge < -0.3 is 23.8 Å². The zero-order chi connectivity index (χ0) is 25.4. The molecule has 3 rings (SSSR count). The van der Waals surface area contributed by atoms with Gasteiger partial charge in [-0.25, -0.2) is 0 Å². The second-order valence-corrected chi connectivity index (χ2v) is 10.7. The van der Waals surface area contributed by atoms with Crippen LogP contribution in [0.15, 0.2) is 41.6 Å². The Bertz CT molecular complexity index is 931. The van der Waals surface area contributed by atoms with Gasteiger partial charge in [-0.1, -0.05) is 0 Å². The van der Waals surface area contributed by atoms with Gasteiger partial charge in [0.1, 0.15) is 12.4 Å². The van der Waals surface area contributed by atoms with Gasteiger partial charge in [0.15, 0.2) is 4.90 Å². The molecule has 0 saturated carbocycles. The summed E-state index contributed by atoms with van der Waals surface area (Å²) in [6, 6.07) is 7.86. The number of hydrogen-bond acceptors (Lipinski definition) is 7. The zero-order valence-corrected chi connectivity index (χ0v) is 22.3. The molecule has 2 aromatic rings. The number of benzene rings is 1. The van der Waals surface area contributed by atoms with Crippen LogP contribution < -0.4 is 9.64 Å². The minimum Gasteiger partial charge on any atom is -0.593 e. The predicted octanol–water partition coefficient (Wildman–Crippen LogP) is 3.05. The van der Waals surface area contributed by atoms with Crippen molar-refractivity contribution in [1.82, 2.24) is 14.2 Å². The number of carbonyl (C=O) groups is 1. The second-order valence-electron chi connectivity index (χ2n) is 9.15. The van der Waals surface area contributed by atoms with Crippen LogP contribution in [-0.2, 0) is 20.9 Å². The Balaban J connectivity index is 1.36. The van der Waals surface area contributed by atoms with Crippen molar-refractivity contribution < 1.29 is 18.8 Å². The summed E-state index contributed by atoms with van der Waals surface area (Å²) in [6.07, 6.45) is 5.76. The molecule has 0 radical (unpaired) electrons. The van der Waals surface area contributed by atoms with E-state index in [2.05, 4.69) is 9.88 Å². The molecule has 2 heterocycles. The molecular formula is C26H38N4O4S. The highest BCUT2D eigenvalue weighted by atomic mass is 32.2. The Kier molecular flexibility index (Phi) is 10.2. The number of rotatable bonds is 11. The van der Waals surface area contributed by atoms with Crippen LogP contribution in [0.2, 0.25) is 0 Å². The number of aryl methyl sites for hydroxylation is 2. The van der Waals surface area contributed by atoms with Crippen molar-refractivity contribution in [3.8, 4) is 5.75 Å². The molecule has 1 atom stereocenters. The molecule has 8 nitrogen and oxygen atoms in total. The maximum atomic E-state index is 13.0. The van der Waals surface area contributed by atoms with Crippen LogP contribution in [0, 0.1) is 19.8 Å². The molecule has 35 heavy (non-hydrogen) atoms. The number of pyridine rings is 1. The highest BCUT2D eigenvalue weighted by Gasteiger charge is 2.25. The van der Waals surface area contributed by atoms with Gasteiger partial charge in [0, 0.05) is 62.9 Å². The minimum absolute atomic E-state index is 0.0211. The second kappa shape index (κ2) is 13.1. The first-order chi connectivity index (χ1) is 16.8. The Labute approximate surface area is 212 Å². The lowest BCUT2D eigenvalue weighted by atomic mass is 9.96. The monoisotopic (exact) mass is 502 g/mol. The van der Waals surface area contributed by atoms with Crippen LogP contribution >= 0.6 is 0 Å². The Morgan fingerprint density at radius 1 is 1.17 bits per heavy atom. The van der Waals surface area contributed by atoms with Crippen molar-refractivity contribution >= 4 is 23.0 Å². The van der Waals surface area contributed by atoms with E-state index in [1.807, 2.05) is 57.6 Å². The van der Waals surface area contributed by atoms with Gasteiger partial charge in [-0.05, 0) is 56.9 Å². The quantitative estimate of drug-likeness (QED) is 0.345. The van der Waals surface area contributed by atoms with E-state index >= 15 is 0 Å². The first-order valence-corrected chi connectivity index (χ1v) is 13.2. The van der Waals surface area contributed by atoms with E-state index in [0.29, 0.717) is 19.1 Å². The van der Waals surface area contributed by atoms with Gasteiger partial charge in [0.05, 0.1) is 31.6 Å². The number of methoxy groups -OCH3 is 1. The molecule has 0 N–H and O–H groups in total. The van der Waals surface area contributed by atoms with E-state index in [-0.39, 0.29) is 12.5 Å². The molecule has 1 aliphatic rings. The van der Waals surface area contributed by atoms with Gasteiger partial charge in [-0.3, -0.25) is 9.78 Å². The molecule has 1 aliphatic heterocycles. The first-order valence-electron chi connectivity index (χ1n) is 12.0. The molecule has 0 spiro atoms. The number of aromatic nitrogens is 1. The first kappa shape index (κ1) is 27.3. The molecule has 0 bridgehead atoms. The average Bonchev–Trinajstić information content (AvgIpc) is 2.86. The summed E-state index contributed by atoms with van der Waals surface area (Å²) in [5.74, 6) is 1.23. The number of likely N-dealkylation sites (N-methyl/N-ethyl adjacent to an activating group) is 2. The third-order valence-corrected chi connectivity index (χ3v) is 8.25. The molecule has 1 saturated heterocycles. The fourth-order valence-corrected chi connectivity index (χ4v) is 5.64. The van der Waals surface area contributed by atoms with Gasteiger partial charge in [-0.15, -0.1) is 4.31 Å². The summed E-state index contributed by atoms with van der Waals surface area (Å²) in [4.78, 5) is 21.6. The minimum atomic E-state index is -1.31. The van der Waals surface area contributed by atoms with E-state index in [1.165, 1.54) is 5.69 Å². The lowest BCUT2D eigenvalue weighted by Crippen LogP contribution is -2.40. The molecular weight excluding hydrogens is 464 g/mol. The summed E-state index contributed by atoms with van der Waals surface area (Å²) in [6.45, 7) is 7.42. The maximum absolute atomic E-state index is 13.0. The van der Waals surface area contributed by atoms with Crippen LogP contribution in [0.25, 0.3) is 0 Å². The summed E-state index contributed by atoms with van der Waals surface area (Å²) in [5, 5.41) is 0. The summed E-state index contributed by atoms with van der Waals surface area (Å²) < 4.78 is 25.7. The van der Waals surface area contributed by atoms with Crippen molar-refractivity contribution in [3.63, 3.8) is 0 Å². The zero-order valence-electron chi connectivity index (χ0n) is 21.5. The fraction of sp³-hybridized carbons (Fsp3) is 0.538. The Hall–Kier alpha value is -2.33. The number of amides is 1. The Morgan fingerprint density at radius 2 is 1.80 bits per heavy atom. The van der Waals surface area contributed by atoms with Crippen LogP contribution in [-0.4, -0.2) is 85.2 Å². The van der Waals surface area contributed by atoms with Gasteiger partial charge in [0.2, 0.25) is 5.91 Å². The summed E-state index contributed by atoms with van der Waals surface area (Å²) in [7, 11) is 5.27. The number of carbonyl (C=O) groups excluding carboxylic acids is 1. The van der Waals surface area contributed by atoms with Crippen molar-refractivity contribution in [1.29, 1.82) is 0 Å². The molecule has 1 aromatic heterocycles.